The molecule has 31 heavy (non-hydrogen) atoms. The van der Waals surface area contributed by atoms with E-state index in [1.807, 2.05) is 10.6 Å². The number of methoxy groups -OCH3 is 1. The number of esters is 1. The molecule has 3 heterocycles. The first-order chi connectivity index (χ1) is 15.1. The number of halogens is 2. The van der Waals surface area contributed by atoms with Crippen molar-refractivity contribution < 1.29 is 13.9 Å². The largest absolute Gasteiger partial charge is 0.464 e. The van der Waals surface area contributed by atoms with Gasteiger partial charge in [0.2, 0.25) is 0 Å². The summed E-state index contributed by atoms with van der Waals surface area (Å²) in [6, 6.07) is 12.0. The molecule has 1 fully saturated rings. The second kappa shape index (κ2) is 7.90. The van der Waals surface area contributed by atoms with Crippen molar-refractivity contribution in [3.63, 3.8) is 0 Å². The summed E-state index contributed by atoms with van der Waals surface area (Å²) < 4.78 is 21.6. The predicted molar refractivity (Wildman–Crippen MR) is 116 cm³/mol. The van der Waals surface area contributed by atoms with E-state index in [0.29, 0.717) is 34.2 Å². The number of fused-ring (bicyclic) bond motifs is 3. The molecule has 2 aliphatic heterocycles. The van der Waals surface area contributed by atoms with Gasteiger partial charge in [0.25, 0.3) is 0 Å². The van der Waals surface area contributed by atoms with Gasteiger partial charge in [-0.2, -0.15) is 0 Å². The van der Waals surface area contributed by atoms with Crippen LogP contribution in [0.15, 0.2) is 47.5 Å². The molecule has 0 radical (unpaired) electrons. The van der Waals surface area contributed by atoms with Crippen LogP contribution in [0.1, 0.15) is 39.6 Å². The monoisotopic (exact) mass is 438 g/mol. The molecule has 1 aromatic heterocycles. The van der Waals surface area contributed by atoms with Crippen molar-refractivity contribution in [3.8, 4) is 5.69 Å². The molecule has 2 aromatic carbocycles. The first-order valence-electron chi connectivity index (χ1n) is 10.1. The molecule has 0 bridgehead atoms. The maximum atomic E-state index is 14.7. The molecule has 2 aliphatic rings. The number of hydrogen-bond donors (Lipinski definition) is 0. The van der Waals surface area contributed by atoms with Crippen LogP contribution in [0.25, 0.3) is 5.69 Å². The van der Waals surface area contributed by atoms with Crippen molar-refractivity contribution in [1.29, 1.82) is 0 Å². The Balaban J connectivity index is 1.74. The number of benzene rings is 2. The third-order valence-corrected chi connectivity index (χ3v) is 5.94. The van der Waals surface area contributed by atoms with Gasteiger partial charge in [-0.3, -0.25) is 14.5 Å². The van der Waals surface area contributed by atoms with Gasteiger partial charge < -0.3 is 4.74 Å². The Bertz CT molecular complexity index is 1220. The average Bonchev–Trinajstić information content (AvgIpc) is 3.02. The lowest BCUT2D eigenvalue weighted by Crippen LogP contribution is -2.37. The van der Waals surface area contributed by atoms with Crippen molar-refractivity contribution in [2.24, 2.45) is 4.99 Å². The summed E-state index contributed by atoms with van der Waals surface area (Å²) in [5, 5.41) is 0.517. The first-order valence-corrected chi connectivity index (χ1v) is 10.5. The third-order valence-electron chi connectivity index (χ3n) is 5.71. The maximum absolute atomic E-state index is 14.7. The Hall–Kier alpha value is -3.03. The first kappa shape index (κ1) is 19.9. The van der Waals surface area contributed by atoms with Crippen LogP contribution in [0, 0.1) is 5.82 Å². The summed E-state index contributed by atoms with van der Waals surface area (Å²) in [4.78, 5) is 24.0. The van der Waals surface area contributed by atoms with Crippen molar-refractivity contribution in [2.75, 3.05) is 20.2 Å². The number of aliphatic imine (C=N–C) groups is 1. The van der Waals surface area contributed by atoms with Gasteiger partial charge in [-0.25, -0.2) is 14.2 Å². The average molecular weight is 439 g/mol. The number of carbonyl (C=O) groups is 1. The van der Waals surface area contributed by atoms with Gasteiger partial charge in [0.05, 0.1) is 30.7 Å². The topological polar surface area (TPSA) is 59.7 Å². The van der Waals surface area contributed by atoms with Crippen LogP contribution in [0.5, 0.6) is 0 Å². The van der Waals surface area contributed by atoms with E-state index in [9.17, 15) is 9.18 Å². The van der Waals surface area contributed by atoms with Gasteiger partial charge in [0.1, 0.15) is 11.6 Å². The van der Waals surface area contributed by atoms with E-state index < -0.39 is 5.97 Å². The van der Waals surface area contributed by atoms with E-state index >= 15 is 0 Å². The van der Waals surface area contributed by atoms with Crippen LogP contribution < -0.4 is 0 Å². The smallest absolute Gasteiger partial charge is 0.358 e. The Morgan fingerprint density at radius 2 is 2.00 bits per heavy atom. The normalized spacial score (nSPS) is 15.4. The summed E-state index contributed by atoms with van der Waals surface area (Å²) in [6.07, 6.45) is 1.13. The standard InChI is InChI=1S/C23H20ClFN4O2/c1-31-23(30)22-19(13-28-9-4-10-28)29-18-8-7-14(24)11-16(18)21(26-12-20(29)27-22)15-5-2-3-6-17(15)25/h2-3,5-8,11H,4,9-10,12-13H2,1H3. The molecule has 158 valence electrons. The van der Waals surface area contributed by atoms with Crippen LogP contribution in [0.2, 0.25) is 5.02 Å². The molecule has 8 heteroatoms. The van der Waals surface area contributed by atoms with Crippen molar-refractivity contribution in [3.05, 3.63) is 81.6 Å². The quantitative estimate of drug-likeness (QED) is 0.577. The number of imidazole rings is 1. The molecule has 0 aliphatic carbocycles. The van der Waals surface area contributed by atoms with E-state index in [0.717, 1.165) is 30.9 Å². The Labute approximate surface area is 183 Å². The maximum Gasteiger partial charge on any atom is 0.358 e. The second-order valence-corrected chi connectivity index (χ2v) is 8.02. The molecule has 0 atom stereocenters. The van der Waals surface area contributed by atoms with Crippen LogP contribution in [-0.4, -0.2) is 46.3 Å². The highest BCUT2D eigenvalue weighted by Gasteiger charge is 2.30. The SMILES string of the molecule is COC(=O)c1nc2n(c1CN1CCC1)-c1ccc(Cl)cc1C(c1ccccc1F)=NC2. The fraction of sp³-hybridized carbons (Fsp3) is 0.261. The number of nitrogens with zero attached hydrogens (tertiary/aromatic N) is 4. The molecule has 1 saturated heterocycles. The zero-order valence-electron chi connectivity index (χ0n) is 16.9. The van der Waals surface area contributed by atoms with Crippen LogP contribution in [0.4, 0.5) is 4.39 Å². The Morgan fingerprint density at radius 1 is 1.19 bits per heavy atom. The molecule has 0 N–H and O–H groups in total. The fourth-order valence-corrected chi connectivity index (χ4v) is 4.24. The molecular formula is C23H20ClFN4O2. The van der Waals surface area contributed by atoms with E-state index in [1.54, 1.807) is 30.3 Å². The van der Waals surface area contributed by atoms with Crippen LogP contribution in [-0.2, 0) is 17.8 Å². The highest BCUT2D eigenvalue weighted by atomic mass is 35.5. The number of aromatic nitrogens is 2. The third kappa shape index (κ3) is 3.43. The van der Waals surface area contributed by atoms with E-state index in [1.165, 1.54) is 13.2 Å². The highest BCUT2D eigenvalue weighted by molar-refractivity contribution is 6.31. The van der Waals surface area contributed by atoms with Crippen molar-refractivity contribution in [2.45, 2.75) is 19.5 Å². The molecular weight excluding hydrogens is 419 g/mol. The van der Waals surface area contributed by atoms with Crippen molar-refractivity contribution >= 4 is 23.3 Å². The zero-order valence-corrected chi connectivity index (χ0v) is 17.7. The lowest BCUT2D eigenvalue weighted by molar-refractivity contribution is 0.0590. The number of likely N-dealkylation sites (tertiary alicyclic amines) is 1. The minimum absolute atomic E-state index is 0.194. The Kier molecular flexibility index (Phi) is 5.08. The fourth-order valence-electron chi connectivity index (χ4n) is 4.06. The molecule has 5 rings (SSSR count). The van der Waals surface area contributed by atoms with E-state index in [4.69, 9.17) is 21.3 Å². The highest BCUT2D eigenvalue weighted by Crippen LogP contribution is 2.32. The second-order valence-electron chi connectivity index (χ2n) is 7.59. The summed E-state index contributed by atoms with van der Waals surface area (Å²) in [5.74, 6) is -0.237. The van der Waals surface area contributed by atoms with Gasteiger partial charge in [-0.15, -0.1) is 0 Å². The number of rotatable bonds is 4. The summed E-state index contributed by atoms with van der Waals surface area (Å²) in [7, 11) is 1.35. The Morgan fingerprint density at radius 3 is 2.71 bits per heavy atom. The number of carbonyl (C=O) groups excluding carboxylic acids is 1. The number of ether oxygens (including phenoxy) is 1. The van der Waals surface area contributed by atoms with Crippen molar-refractivity contribution in [1.82, 2.24) is 14.5 Å². The lowest BCUT2D eigenvalue weighted by atomic mass is 9.99. The number of hydrogen-bond acceptors (Lipinski definition) is 5. The van der Waals surface area contributed by atoms with Gasteiger partial charge in [0, 0.05) is 22.7 Å². The lowest BCUT2D eigenvalue weighted by Gasteiger charge is -2.31. The van der Waals surface area contributed by atoms with Crippen LogP contribution >= 0.6 is 11.6 Å². The molecule has 0 amide bonds. The molecule has 6 nitrogen and oxygen atoms in total. The molecule has 0 saturated carbocycles. The molecule has 3 aromatic rings. The zero-order chi connectivity index (χ0) is 21.5. The van der Waals surface area contributed by atoms with Gasteiger partial charge >= 0.3 is 5.97 Å². The van der Waals surface area contributed by atoms with Gasteiger partial charge in [-0.1, -0.05) is 23.7 Å². The summed E-state index contributed by atoms with van der Waals surface area (Å²) >= 11 is 6.33. The minimum atomic E-state index is -0.482. The van der Waals surface area contributed by atoms with E-state index in [-0.39, 0.29) is 18.1 Å². The molecule has 0 unspecified atom stereocenters. The van der Waals surface area contributed by atoms with Gasteiger partial charge in [-0.05, 0) is 49.8 Å². The predicted octanol–water partition coefficient (Wildman–Crippen LogP) is 4.01. The van der Waals surface area contributed by atoms with Crippen LogP contribution in [0.3, 0.4) is 0 Å². The van der Waals surface area contributed by atoms with E-state index in [2.05, 4.69) is 9.88 Å². The molecule has 0 spiro atoms. The summed E-state index contributed by atoms with van der Waals surface area (Å²) in [6.45, 7) is 2.69. The minimum Gasteiger partial charge on any atom is -0.464 e. The van der Waals surface area contributed by atoms with Gasteiger partial charge in [0.15, 0.2) is 5.69 Å². The summed E-state index contributed by atoms with van der Waals surface area (Å²) in [5.41, 5.74) is 3.39.